The first-order valence-corrected chi connectivity index (χ1v) is 11.8. The molecule has 3 aromatic carbocycles. The van der Waals surface area contributed by atoms with E-state index in [0.29, 0.717) is 17.1 Å². The molecule has 0 radical (unpaired) electrons. The van der Waals surface area contributed by atoms with Crippen molar-refractivity contribution < 1.29 is 17.9 Å². The lowest BCUT2D eigenvalue weighted by Crippen LogP contribution is -2.13. The Kier molecular flexibility index (Phi) is 6.15. The van der Waals surface area contributed by atoms with Crippen molar-refractivity contribution in [2.75, 3.05) is 10.0 Å². The third-order valence-electron chi connectivity index (χ3n) is 4.24. The molecule has 0 saturated carbocycles. The second-order valence-corrected chi connectivity index (χ2v) is 9.55. The van der Waals surface area contributed by atoms with Gasteiger partial charge in [0.25, 0.3) is 20.3 Å². The van der Waals surface area contributed by atoms with Gasteiger partial charge < -0.3 is 4.74 Å². The van der Waals surface area contributed by atoms with Gasteiger partial charge in [0.2, 0.25) is 5.13 Å². The van der Waals surface area contributed by atoms with Crippen molar-refractivity contribution in [2.24, 2.45) is 0 Å². The molecule has 0 aliphatic heterocycles. The summed E-state index contributed by atoms with van der Waals surface area (Å²) in [7, 11) is -4.05. The van der Waals surface area contributed by atoms with Crippen molar-refractivity contribution in [3.63, 3.8) is 0 Å². The normalized spacial score (nSPS) is 11.0. The molecule has 1 heterocycles. The minimum Gasteiger partial charge on any atom is -0.455 e. The van der Waals surface area contributed by atoms with Gasteiger partial charge in [-0.25, -0.2) is 0 Å². The number of nitrogens with zero attached hydrogens (tertiary/aromatic N) is 2. The van der Waals surface area contributed by atoms with Crippen LogP contribution in [0.15, 0.2) is 83.2 Å². The van der Waals surface area contributed by atoms with Crippen molar-refractivity contribution in [2.45, 2.75) is 11.3 Å². The first-order chi connectivity index (χ1) is 15.4. The number of sulfonamides is 1. The summed E-state index contributed by atoms with van der Waals surface area (Å²) in [4.78, 5) is 12.4. The number of hydrogen-bond acceptors (Lipinski definition) is 7. The Morgan fingerprint density at radius 1 is 0.938 bits per heavy atom. The predicted molar refractivity (Wildman–Crippen MR) is 123 cm³/mol. The number of aromatic nitrogens is 2. The zero-order chi connectivity index (χ0) is 22.6. The Morgan fingerprint density at radius 2 is 1.69 bits per heavy atom. The highest BCUT2D eigenvalue weighted by atomic mass is 32.2. The number of amides is 1. The first kappa shape index (κ1) is 21.5. The van der Waals surface area contributed by atoms with Gasteiger partial charge in [-0.05, 0) is 43.3 Å². The number of rotatable bonds is 7. The lowest BCUT2D eigenvalue weighted by atomic mass is 10.1. The average Bonchev–Trinajstić information content (AvgIpc) is 3.25. The molecule has 162 valence electrons. The van der Waals surface area contributed by atoms with E-state index in [9.17, 15) is 13.2 Å². The summed E-state index contributed by atoms with van der Waals surface area (Å²) in [6.45, 7) is 1.87. The number of hydrogen-bond donors (Lipinski definition) is 2. The van der Waals surface area contributed by atoms with Crippen molar-refractivity contribution in [1.82, 2.24) is 10.2 Å². The quantitative estimate of drug-likeness (QED) is 0.382. The summed E-state index contributed by atoms with van der Waals surface area (Å²) >= 11 is 0.751. The molecule has 0 fully saturated rings. The largest absolute Gasteiger partial charge is 0.455 e. The first-order valence-electron chi connectivity index (χ1n) is 9.47. The van der Waals surface area contributed by atoms with Crippen LogP contribution >= 0.6 is 11.3 Å². The minimum absolute atomic E-state index is 0.0747. The van der Waals surface area contributed by atoms with Gasteiger partial charge in [-0.1, -0.05) is 59.4 Å². The molecule has 0 spiro atoms. The number of benzene rings is 3. The Bertz CT molecular complexity index is 1360. The number of nitrogens with one attached hydrogen (secondary N) is 2. The predicted octanol–water partition coefficient (Wildman–Crippen LogP) is 4.69. The molecule has 4 rings (SSSR count). The summed E-state index contributed by atoms with van der Waals surface area (Å²) in [6.07, 6.45) is 0. The zero-order valence-corrected chi connectivity index (χ0v) is 18.5. The van der Waals surface area contributed by atoms with Crippen LogP contribution in [0.25, 0.3) is 0 Å². The molecule has 4 aromatic rings. The van der Waals surface area contributed by atoms with E-state index in [0.717, 1.165) is 16.9 Å². The van der Waals surface area contributed by atoms with Gasteiger partial charge in [0.1, 0.15) is 5.75 Å². The van der Waals surface area contributed by atoms with Crippen molar-refractivity contribution in [3.05, 3.63) is 90.0 Å². The smallest absolute Gasteiger partial charge is 0.291 e. The Hall–Kier alpha value is -3.76. The van der Waals surface area contributed by atoms with Crippen LogP contribution in [0.4, 0.5) is 10.8 Å². The summed E-state index contributed by atoms with van der Waals surface area (Å²) in [5.74, 6) is 0.499. The maximum atomic E-state index is 12.8. The third-order valence-corrected chi connectivity index (χ3v) is 6.81. The van der Waals surface area contributed by atoms with E-state index in [2.05, 4.69) is 20.2 Å². The van der Waals surface area contributed by atoms with E-state index in [1.165, 1.54) is 0 Å². The third kappa shape index (κ3) is 5.10. The van der Waals surface area contributed by atoms with Gasteiger partial charge in [-0.3, -0.25) is 14.8 Å². The number of anilines is 2. The lowest BCUT2D eigenvalue weighted by molar-refractivity contribution is 0.102. The molecule has 0 bridgehead atoms. The van der Waals surface area contributed by atoms with Gasteiger partial charge in [0.15, 0.2) is 5.75 Å². The molecule has 1 amide bonds. The summed E-state index contributed by atoms with van der Waals surface area (Å²) in [6, 6.07) is 22.7. The van der Waals surface area contributed by atoms with Crippen LogP contribution in [0.1, 0.15) is 15.9 Å². The van der Waals surface area contributed by atoms with E-state index in [4.69, 9.17) is 4.74 Å². The fourth-order valence-electron chi connectivity index (χ4n) is 2.77. The van der Waals surface area contributed by atoms with Gasteiger partial charge in [0, 0.05) is 5.56 Å². The van der Waals surface area contributed by atoms with Crippen LogP contribution in [-0.2, 0) is 10.0 Å². The molecule has 1 aromatic heterocycles. The molecule has 0 aliphatic carbocycles. The molecule has 8 nitrogen and oxygen atoms in total. The number of ether oxygens (including phenoxy) is 1. The van der Waals surface area contributed by atoms with Crippen LogP contribution in [-0.4, -0.2) is 24.5 Å². The maximum absolute atomic E-state index is 12.8. The zero-order valence-electron chi connectivity index (χ0n) is 16.8. The fourth-order valence-corrected chi connectivity index (χ4v) is 4.74. The van der Waals surface area contributed by atoms with E-state index >= 15 is 0 Å². The number of para-hydroxylation sites is 3. The van der Waals surface area contributed by atoms with Crippen LogP contribution < -0.4 is 14.8 Å². The monoisotopic (exact) mass is 466 g/mol. The molecule has 32 heavy (non-hydrogen) atoms. The van der Waals surface area contributed by atoms with Gasteiger partial charge >= 0.3 is 0 Å². The van der Waals surface area contributed by atoms with Crippen LogP contribution in [0.2, 0.25) is 0 Å². The highest BCUT2D eigenvalue weighted by Gasteiger charge is 2.23. The standard InChI is InChI=1S/C22H18N4O4S2/c1-15-8-7-9-16(14-15)20(27)23-21-24-25-22(31-21)32(28,29)26-18-12-5-6-13-19(18)30-17-10-3-2-4-11-17/h2-14,26H,1H3,(H,23,24,27). The Labute approximate surface area is 189 Å². The molecule has 0 saturated heterocycles. The van der Waals surface area contributed by atoms with E-state index < -0.39 is 15.9 Å². The second-order valence-electron chi connectivity index (χ2n) is 6.71. The van der Waals surface area contributed by atoms with Crippen molar-refractivity contribution in [3.8, 4) is 11.5 Å². The van der Waals surface area contributed by atoms with Gasteiger partial charge in [-0.15, -0.1) is 10.2 Å². The molecule has 0 aliphatic rings. The summed E-state index contributed by atoms with van der Waals surface area (Å²) in [5, 5.41) is 10.2. The molecular formula is C22H18N4O4S2. The van der Waals surface area contributed by atoms with Crippen LogP contribution in [0.3, 0.4) is 0 Å². The van der Waals surface area contributed by atoms with Gasteiger partial charge in [0.05, 0.1) is 5.69 Å². The molecular weight excluding hydrogens is 448 g/mol. The number of carbonyl (C=O) groups excluding carboxylic acids is 1. The second kappa shape index (κ2) is 9.16. The van der Waals surface area contributed by atoms with E-state index in [1.54, 1.807) is 54.6 Å². The number of aryl methyl sites for hydroxylation is 1. The Balaban J connectivity index is 1.51. The van der Waals surface area contributed by atoms with E-state index in [1.807, 2.05) is 31.2 Å². The Morgan fingerprint density at radius 3 is 2.47 bits per heavy atom. The number of carbonyl (C=O) groups is 1. The molecule has 0 unspecified atom stereocenters. The van der Waals surface area contributed by atoms with E-state index in [-0.39, 0.29) is 15.2 Å². The van der Waals surface area contributed by atoms with Gasteiger partial charge in [-0.2, -0.15) is 8.42 Å². The SMILES string of the molecule is Cc1cccc(C(=O)Nc2nnc(S(=O)(=O)Nc3ccccc3Oc3ccccc3)s2)c1. The maximum Gasteiger partial charge on any atom is 0.291 e. The highest BCUT2D eigenvalue weighted by molar-refractivity contribution is 7.94. The topological polar surface area (TPSA) is 110 Å². The molecule has 2 N–H and O–H groups in total. The lowest BCUT2D eigenvalue weighted by Gasteiger charge is -2.12. The summed E-state index contributed by atoms with van der Waals surface area (Å²) in [5.41, 5.74) is 1.62. The minimum atomic E-state index is -4.05. The molecule has 10 heteroatoms. The fraction of sp³-hybridized carbons (Fsp3) is 0.0455. The van der Waals surface area contributed by atoms with Crippen LogP contribution in [0.5, 0.6) is 11.5 Å². The van der Waals surface area contributed by atoms with Crippen molar-refractivity contribution in [1.29, 1.82) is 0 Å². The van der Waals surface area contributed by atoms with Crippen molar-refractivity contribution >= 4 is 38.1 Å². The average molecular weight is 467 g/mol. The molecule has 0 atom stereocenters. The highest BCUT2D eigenvalue weighted by Crippen LogP contribution is 2.31. The summed E-state index contributed by atoms with van der Waals surface area (Å²) < 4.78 is 33.7. The van der Waals surface area contributed by atoms with Crippen LogP contribution in [0, 0.1) is 6.92 Å².